The summed E-state index contributed by atoms with van der Waals surface area (Å²) in [4.78, 5) is 28.3. The van der Waals surface area contributed by atoms with Gasteiger partial charge in [-0.1, -0.05) is 24.3 Å². The van der Waals surface area contributed by atoms with Gasteiger partial charge in [0.1, 0.15) is 5.75 Å². The minimum absolute atomic E-state index is 0.225. The molecule has 2 aromatic carbocycles. The summed E-state index contributed by atoms with van der Waals surface area (Å²) < 4.78 is 0. The molecule has 0 saturated heterocycles. The number of carbonyl (C=O) groups is 2. The Kier molecular flexibility index (Phi) is 4.91. The van der Waals surface area contributed by atoms with Crippen LogP contribution in [-0.2, 0) is 17.9 Å². The number of phenols is 1. The van der Waals surface area contributed by atoms with Gasteiger partial charge in [0.25, 0.3) is 11.7 Å². The maximum Gasteiger partial charge on any atom is 0.299 e. The summed E-state index contributed by atoms with van der Waals surface area (Å²) in [6.45, 7) is 2.79. The lowest BCUT2D eigenvalue weighted by Crippen LogP contribution is -2.29. The smallest absolute Gasteiger partial charge is 0.299 e. The highest BCUT2D eigenvalue weighted by Crippen LogP contribution is 2.32. The maximum atomic E-state index is 12.5. The molecular weight excluding hydrogens is 328 g/mol. The summed E-state index contributed by atoms with van der Waals surface area (Å²) in [7, 11) is 3.85. The number of nitrogens with zero attached hydrogens (tertiary/aromatic N) is 2. The summed E-state index contributed by atoms with van der Waals surface area (Å²) in [5, 5.41) is 10.0. The van der Waals surface area contributed by atoms with Crippen molar-refractivity contribution in [3.05, 3.63) is 64.7 Å². The number of rotatable bonds is 5. The van der Waals surface area contributed by atoms with Crippen LogP contribution in [-0.4, -0.2) is 35.8 Å². The van der Waals surface area contributed by atoms with E-state index in [0.717, 1.165) is 16.7 Å². The van der Waals surface area contributed by atoms with Crippen LogP contribution >= 0.6 is 0 Å². The molecule has 0 aliphatic carbocycles. The Bertz CT molecular complexity index is 900. The van der Waals surface area contributed by atoms with Gasteiger partial charge >= 0.3 is 0 Å². The molecule has 1 heterocycles. The minimum Gasteiger partial charge on any atom is -0.508 e. The number of ketones is 1. The van der Waals surface area contributed by atoms with Crippen molar-refractivity contribution in [2.45, 2.75) is 20.0 Å². The topological polar surface area (TPSA) is 60.9 Å². The molecule has 0 atom stereocenters. The average molecular weight is 350 g/mol. The second-order valence-corrected chi connectivity index (χ2v) is 6.70. The summed E-state index contributed by atoms with van der Waals surface area (Å²) in [5.41, 5.74) is 3.63. The predicted octanol–water partition coefficient (Wildman–Crippen LogP) is 3.22. The number of hydrogen-bond acceptors (Lipinski definition) is 4. The van der Waals surface area contributed by atoms with Crippen molar-refractivity contribution in [1.29, 1.82) is 0 Å². The molecule has 1 aliphatic heterocycles. The van der Waals surface area contributed by atoms with E-state index in [0.29, 0.717) is 24.3 Å². The number of phenolic OH excluding ortho intramolecular Hbond substituents is 1. The lowest BCUT2D eigenvalue weighted by atomic mass is 10.1. The molecule has 0 unspecified atom stereocenters. The zero-order valence-corrected chi connectivity index (χ0v) is 15.2. The van der Waals surface area contributed by atoms with E-state index in [-0.39, 0.29) is 5.75 Å². The molecule has 2 aromatic rings. The van der Waals surface area contributed by atoms with Crippen LogP contribution in [0.25, 0.3) is 6.08 Å². The normalized spacial score (nSPS) is 13.9. The summed E-state index contributed by atoms with van der Waals surface area (Å²) in [6, 6.07) is 10.7. The number of benzene rings is 2. The molecule has 1 aliphatic rings. The van der Waals surface area contributed by atoms with Crippen LogP contribution in [0, 0.1) is 0 Å². The Hall–Kier alpha value is -2.92. The Morgan fingerprint density at radius 1 is 1.12 bits per heavy atom. The molecule has 1 amide bonds. The standard InChI is InChI=1S/C21H22N2O3/c1-4-5-14-6-8-18-17(11-14)20(25)21(26)23(18)12-15-7-9-19(24)16(10-15)13-22(2)3/h4-11,24H,12-13H2,1-3H3/b5-4+. The molecule has 0 saturated carbocycles. The van der Waals surface area contributed by atoms with Gasteiger partial charge in [0.05, 0.1) is 17.8 Å². The van der Waals surface area contributed by atoms with E-state index >= 15 is 0 Å². The van der Waals surface area contributed by atoms with Gasteiger partial charge in [-0.3, -0.25) is 9.59 Å². The second-order valence-electron chi connectivity index (χ2n) is 6.70. The van der Waals surface area contributed by atoms with E-state index in [9.17, 15) is 14.7 Å². The first kappa shape index (κ1) is 17.9. The number of carbonyl (C=O) groups excluding carboxylic acids is 2. The Balaban J connectivity index is 1.92. The third-order valence-corrected chi connectivity index (χ3v) is 4.33. The molecule has 5 nitrogen and oxygen atoms in total. The highest BCUT2D eigenvalue weighted by Gasteiger charge is 2.35. The lowest BCUT2D eigenvalue weighted by molar-refractivity contribution is -0.114. The average Bonchev–Trinajstić information content (AvgIpc) is 2.82. The van der Waals surface area contributed by atoms with Gasteiger partial charge in [-0.15, -0.1) is 0 Å². The highest BCUT2D eigenvalue weighted by molar-refractivity contribution is 6.52. The summed E-state index contributed by atoms with van der Waals surface area (Å²) in [6.07, 6.45) is 3.79. The fourth-order valence-corrected chi connectivity index (χ4v) is 3.16. The van der Waals surface area contributed by atoms with Crippen molar-refractivity contribution in [2.75, 3.05) is 19.0 Å². The quantitative estimate of drug-likeness (QED) is 0.841. The third-order valence-electron chi connectivity index (χ3n) is 4.33. The predicted molar refractivity (Wildman–Crippen MR) is 102 cm³/mol. The Morgan fingerprint density at radius 3 is 2.58 bits per heavy atom. The van der Waals surface area contributed by atoms with Crippen molar-refractivity contribution in [3.63, 3.8) is 0 Å². The number of aromatic hydroxyl groups is 1. The minimum atomic E-state index is -0.514. The zero-order chi connectivity index (χ0) is 18.8. The van der Waals surface area contributed by atoms with Crippen molar-refractivity contribution < 1.29 is 14.7 Å². The number of allylic oxidation sites excluding steroid dienone is 1. The number of Topliss-reactive ketones (excluding diaryl/α,β-unsaturated/α-hetero) is 1. The van der Waals surface area contributed by atoms with Crippen LogP contribution < -0.4 is 4.90 Å². The monoisotopic (exact) mass is 350 g/mol. The molecule has 134 valence electrons. The van der Waals surface area contributed by atoms with E-state index in [2.05, 4.69) is 0 Å². The van der Waals surface area contributed by atoms with Gasteiger partial charge in [0, 0.05) is 12.1 Å². The molecule has 0 bridgehead atoms. The van der Waals surface area contributed by atoms with Gasteiger partial charge in [-0.05, 0) is 56.4 Å². The van der Waals surface area contributed by atoms with E-state index in [1.54, 1.807) is 18.2 Å². The number of amides is 1. The highest BCUT2D eigenvalue weighted by atomic mass is 16.3. The SMILES string of the molecule is C/C=C/c1ccc2c(c1)C(=O)C(=O)N2Cc1ccc(O)c(CN(C)C)c1. The molecule has 5 heteroatoms. The van der Waals surface area contributed by atoms with Crippen LogP contribution in [0.2, 0.25) is 0 Å². The first-order chi connectivity index (χ1) is 12.4. The van der Waals surface area contributed by atoms with Gasteiger partial charge in [-0.2, -0.15) is 0 Å². The van der Waals surface area contributed by atoms with Gasteiger partial charge in [0.15, 0.2) is 0 Å². The molecule has 26 heavy (non-hydrogen) atoms. The molecule has 0 fully saturated rings. The summed E-state index contributed by atoms with van der Waals surface area (Å²) in [5.74, 6) is -0.763. The van der Waals surface area contributed by atoms with Gasteiger partial charge in [0.2, 0.25) is 0 Å². The molecule has 1 N–H and O–H groups in total. The maximum absolute atomic E-state index is 12.5. The summed E-state index contributed by atoms with van der Waals surface area (Å²) >= 11 is 0. The second kappa shape index (κ2) is 7.14. The van der Waals surface area contributed by atoms with E-state index in [4.69, 9.17) is 0 Å². The van der Waals surface area contributed by atoms with E-state index < -0.39 is 11.7 Å². The Labute approximate surface area is 153 Å². The van der Waals surface area contributed by atoms with Crippen LogP contribution in [0.3, 0.4) is 0 Å². The molecule has 0 radical (unpaired) electrons. The molecule has 0 spiro atoms. The molecule has 3 rings (SSSR count). The van der Waals surface area contributed by atoms with E-state index in [1.165, 1.54) is 4.90 Å². The van der Waals surface area contributed by atoms with Crippen molar-refractivity contribution in [3.8, 4) is 5.75 Å². The third kappa shape index (κ3) is 3.39. The van der Waals surface area contributed by atoms with Crippen molar-refractivity contribution in [2.24, 2.45) is 0 Å². The van der Waals surface area contributed by atoms with Crippen LogP contribution in [0.1, 0.15) is 34.0 Å². The van der Waals surface area contributed by atoms with Gasteiger partial charge in [-0.25, -0.2) is 0 Å². The fraction of sp³-hybridized carbons (Fsp3) is 0.238. The Morgan fingerprint density at radius 2 is 1.88 bits per heavy atom. The number of hydrogen-bond donors (Lipinski definition) is 1. The van der Waals surface area contributed by atoms with Crippen molar-refractivity contribution in [1.82, 2.24) is 4.90 Å². The number of fused-ring (bicyclic) bond motifs is 1. The van der Waals surface area contributed by atoms with E-state index in [1.807, 2.05) is 56.3 Å². The molecular formula is C21H22N2O3. The largest absolute Gasteiger partial charge is 0.508 e. The van der Waals surface area contributed by atoms with Crippen LogP contribution in [0.4, 0.5) is 5.69 Å². The van der Waals surface area contributed by atoms with Crippen LogP contribution in [0.5, 0.6) is 5.75 Å². The number of anilines is 1. The van der Waals surface area contributed by atoms with Gasteiger partial charge < -0.3 is 14.9 Å². The first-order valence-electron chi connectivity index (χ1n) is 8.49. The zero-order valence-electron chi connectivity index (χ0n) is 15.2. The van der Waals surface area contributed by atoms with Crippen molar-refractivity contribution >= 4 is 23.5 Å². The first-order valence-corrected chi connectivity index (χ1v) is 8.49. The fourth-order valence-electron chi connectivity index (χ4n) is 3.16. The lowest BCUT2D eigenvalue weighted by Gasteiger charge is -2.18. The van der Waals surface area contributed by atoms with Crippen LogP contribution in [0.15, 0.2) is 42.5 Å². The molecule has 0 aromatic heterocycles.